The fourth-order valence-electron chi connectivity index (χ4n) is 1.96. The Bertz CT molecular complexity index is 697. The molecule has 0 radical (unpaired) electrons. The van der Waals surface area contributed by atoms with E-state index in [1.165, 1.54) is 6.08 Å². The lowest BCUT2D eigenvalue weighted by molar-refractivity contribution is -0.111. The number of carbonyl (C=O) groups excluding carboxylic acids is 2. The monoisotopic (exact) mass is 317 g/mol. The molecule has 0 N–H and O–H groups in total. The van der Waals surface area contributed by atoms with Crippen LogP contribution in [0.1, 0.15) is 31.1 Å². The van der Waals surface area contributed by atoms with Gasteiger partial charge in [-0.1, -0.05) is 30.6 Å². The summed E-state index contributed by atoms with van der Waals surface area (Å²) >= 11 is 5.77. The van der Waals surface area contributed by atoms with Gasteiger partial charge in [0.25, 0.3) is 0 Å². The van der Waals surface area contributed by atoms with Crippen molar-refractivity contribution in [2.45, 2.75) is 20.8 Å². The highest BCUT2D eigenvalue weighted by Gasteiger charge is 2.19. The molecule has 1 aliphatic carbocycles. The molecule has 22 heavy (non-hydrogen) atoms. The molecule has 0 amide bonds. The molecule has 0 unspecified atom stereocenters. The van der Waals surface area contributed by atoms with Crippen molar-refractivity contribution in [3.8, 4) is 0 Å². The van der Waals surface area contributed by atoms with E-state index in [1.54, 1.807) is 37.3 Å². The van der Waals surface area contributed by atoms with E-state index in [2.05, 4.69) is 5.16 Å². The Morgan fingerprint density at radius 1 is 1.18 bits per heavy atom. The summed E-state index contributed by atoms with van der Waals surface area (Å²) < 4.78 is 0. The minimum absolute atomic E-state index is 0.0494. The number of ketones is 1. The van der Waals surface area contributed by atoms with Gasteiger partial charge in [0.2, 0.25) is 0 Å². The summed E-state index contributed by atoms with van der Waals surface area (Å²) in [7, 11) is 0. The molecule has 4 nitrogen and oxygen atoms in total. The first-order valence-corrected chi connectivity index (χ1v) is 7.25. The molecule has 0 bridgehead atoms. The van der Waals surface area contributed by atoms with E-state index in [1.807, 2.05) is 13.8 Å². The molecule has 1 aromatic rings. The van der Waals surface area contributed by atoms with Crippen molar-refractivity contribution in [3.63, 3.8) is 0 Å². The maximum atomic E-state index is 11.9. The highest BCUT2D eigenvalue weighted by atomic mass is 35.5. The zero-order valence-corrected chi connectivity index (χ0v) is 13.3. The van der Waals surface area contributed by atoms with Crippen molar-refractivity contribution in [2.24, 2.45) is 11.1 Å². The fraction of sp³-hybridized carbons (Fsp3) is 0.235. The van der Waals surface area contributed by atoms with Crippen molar-refractivity contribution < 1.29 is 14.4 Å². The van der Waals surface area contributed by atoms with Gasteiger partial charge in [-0.2, -0.15) is 0 Å². The molecular formula is C17H16ClNO3. The topological polar surface area (TPSA) is 55.7 Å². The Balaban J connectivity index is 2.20. The molecule has 1 aliphatic rings. The second-order valence-electron chi connectivity index (χ2n) is 5.31. The molecule has 0 aliphatic heterocycles. The Hall–Kier alpha value is -2.20. The van der Waals surface area contributed by atoms with Gasteiger partial charge in [-0.3, -0.25) is 4.79 Å². The molecule has 0 fully saturated rings. The van der Waals surface area contributed by atoms with Crippen LogP contribution in [-0.2, 0) is 9.63 Å². The Morgan fingerprint density at radius 2 is 1.82 bits per heavy atom. The fourth-order valence-corrected chi connectivity index (χ4v) is 2.09. The summed E-state index contributed by atoms with van der Waals surface area (Å²) in [5.74, 6) is -0.525. The van der Waals surface area contributed by atoms with Gasteiger partial charge in [0.1, 0.15) is 5.71 Å². The predicted molar refractivity (Wildman–Crippen MR) is 86.0 cm³/mol. The van der Waals surface area contributed by atoms with Crippen LogP contribution in [-0.4, -0.2) is 17.5 Å². The predicted octanol–water partition coefficient (Wildman–Crippen LogP) is 3.96. The number of hydrogen-bond acceptors (Lipinski definition) is 4. The minimum atomic E-state index is -0.574. The zero-order chi connectivity index (χ0) is 16.3. The van der Waals surface area contributed by atoms with Gasteiger partial charge in [0, 0.05) is 5.02 Å². The summed E-state index contributed by atoms with van der Waals surface area (Å²) in [6.07, 6.45) is 3.17. The van der Waals surface area contributed by atoms with Gasteiger partial charge >= 0.3 is 5.97 Å². The van der Waals surface area contributed by atoms with Crippen LogP contribution in [0.4, 0.5) is 0 Å². The van der Waals surface area contributed by atoms with Crippen LogP contribution < -0.4 is 0 Å². The van der Waals surface area contributed by atoms with E-state index in [0.717, 1.165) is 5.57 Å². The molecule has 0 saturated carbocycles. The number of oxime groups is 1. The van der Waals surface area contributed by atoms with E-state index in [9.17, 15) is 9.59 Å². The van der Waals surface area contributed by atoms with E-state index < -0.39 is 5.97 Å². The van der Waals surface area contributed by atoms with Crippen LogP contribution >= 0.6 is 11.6 Å². The first kappa shape index (κ1) is 16.2. The molecule has 0 aromatic heterocycles. The van der Waals surface area contributed by atoms with Gasteiger partial charge in [-0.15, -0.1) is 0 Å². The van der Waals surface area contributed by atoms with Crippen molar-refractivity contribution in [3.05, 3.63) is 58.1 Å². The average molecular weight is 318 g/mol. The molecule has 0 saturated heterocycles. The third-order valence-electron chi connectivity index (χ3n) is 3.25. The first-order valence-electron chi connectivity index (χ1n) is 6.88. The number of rotatable bonds is 3. The maximum Gasteiger partial charge on any atom is 0.365 e. The van der Waals surface area contributed by atoms with Crippen LogP contribution in [0.2, 0.25) is 5.02 Å². The average Bonchev–Trinajstić information content (AvgIpc) is 2.48. The molecular weight excluding hydrogens is 302 g/mol. The third-order valence-corrected chi connectivity index (χ3v) is 3.51. The van der Waals surface area contributed by atoms with Gasteiger partial charge in [-0.25, -0.2) is 4.79 Å². The molecule has 0 heterocycles. The largest absolute Gasteiger partial charge is 0.365 e. The number of benzene rings is 1. The van der Waals surface area contributed by atoms with Crippen molar-refractivity contribution >= 4 is 29.1 Å². The summed E-state index contributed by atoms with van der Waals surface area (Å²) in [6.45, 7) is 5.60. The number of carbonyl (C=O) groups is 2. The van der Waals surface area contributed by atoms with Crippen LogP contribution in [0.5, 0.6) is 0 Å². The summed E-state index contributed by atoms with van der Waals surface area (Å²) in [5.41, 5.74) is 2.16. The minimum Gasteiger partial charge on any atom is -0.312 e. The van der Waals surface area contributed by atoms with Crippen molar-refractivity contribution in [1.29, 1.82) is 0 Å². The lowest BCUT2D eigenvalue weighted by Crippen LogP contribution is -2.16. The lowest BCUT2D eigenvalue weighted by atomic mass is 9.90. The van der Waals surface area contributed by atoms with E-state index in [4.69, 9.17) is 16.4 Å². The third kappa shape index (κ3) is 3.71. The van der Waals surface area contributed by atoms with Gasteiger partial charge < -0.3 is 4.84 Å². The molecule has 0 spiro atoms. The van der Waals surface area contributed by atoms with Crippen LogP contribution in [0.15, 0.2) is 52.7 Å². The highest BCUT2D eigenvalue weighted by molar-refractivity contribution is 6.30. The normalized spacial score (nSPS) is 16.6. The summed E-state index contributed by atoms with van der Waals surface area (Å²) in [4.78, 5) is 28.6. The van der Waals surface area contributed by atoms with Crippen molar-refractivity contribution in [1.82, 2.24) is 0 Å². The number of halogens is 1. The van der Waals surface area contributed by atoms with Crippen LogP contribution in [0.3, 0.4) is 0 Å². The summed E-state index contributed by atoms with van der Waals surface area (Å²) in [6, 6.07) is 6.34. The van der Waals surface area contributed by atoms with E-state index in [0.29, 0.717) is 21.9 Å². The Morgan fingerprint density at radius 3 is 2.41 bits per heavy atom. The Kier molecular flexibility index (Phi) is 4.93. The van der Waals surface area contributed by atoms with Gasteiger partial charge in [0.05, 0.1) is 5.56 Å². The van der Waals surface area contributed by atoms with Crippen LogP contribution in [0, 0.1) is 5.92 Å². The standard InChI is InChI=1S/C17H16ClNO3/c1-10(2)14-9-16(20)11(3)8-15(14)19-22-17(21)12-4-6-13(18)7-5-12/h4-10H,1-3H3/b19-15+. The zero-order valence-electron chi connectivity index (χ0n) is 12.6. The van der Waals surface area contributed by atoms with Crippen LogP contribution in [0.25, 0.3) is 0 Å². The second kappa shape index (κ2) is 6.71. The van der Waals surface area contributed by atoms with Gasteiger partial charge in [-0.05, 0) is 60.4 Å². The second-order valence-corrected chi connectivity index (χ2v) is 5.74. The van der Waals surface area contributed by atoms with E-state index >= 15 is 0 Å². The smallest absolute Gasteiger partial charge is 0.312 e. The first-order chi connectivity index (χ1) is 10.4. The number of nitrogens with zero attached hydrogens (tertiary/aromatic N) is 1. The number of hydrogen-bond donors (Lipinski definition) is 0. The molecule has 2 rings (SSSR count). The Labute approximate surface area is 134 Å². The quantitative estimate of drug-likeness (QED) is 0.481. The molecule has 5 heteroatoms. The van der Waals surface area contributed by atoms with Crippen molar-refractivity contribution in [2.75, 3.05) is 0 Å². The highest BCUT2D eigenvalue weighted by Crippen LogP contribution is 2.20. The van der Waals surface area contributed by atoms with Gasteiger partial charge in [0.15, 0.2) is 5.78 Å². The SMILES string of the molecule is CC1=C/C(=N\OC(=O)c2ccc(Cl)cc2)C(C(C)C)=CC1=O. The van der Waals surface area contributed by atoms with E-state index in [-0.39, 0.29) is 11.7 Å². The molecule has 0 atom stereocenters. The summed E-state index contributed by atoms with van der Waals surface area (Å²) in [5, 5.41) is 4.45. The lowest BCUT2D eigenvalue weighted by Gasteiger charge is -2.15. The maximum absolute atomic E-state index is 11.9. The number of allylic oxidation sites excluding steroid dienone is 4. The molecule has 114 valence electrons. The molecule has 1 aromatic carbocycles.